The van der Waals surface area contributed by atoms with Gasteiger partial charge in [-0.15, -0.1) is 0 Å². The highest BCUT2D eigenvalue weighted by Crippen LogP contribution is 2.10. The molecule has 0 saturated carbocycles. The number of aliphatic imine (C=N–C) groups is 1. The number of benzene rings is 2. The molecule has 0 heterocycles. The summed E-state index contributed by atoms with van der Waals surface area (Å²) in [6, 6.07) is 14.2. The first-order valence-corrected chi connectivity index (χ1v) is 7.48. The van der Waals surface area contributed by atoms with E-state index in [1.807, 2.05) is 24.3 Å². The third kappa shape index (κ3) is 5.37. The summed E-state index contributed by atoms with van der Waals surface area (Å²) in [5, 5.41) is 7.18. The Balaban J connectivity index is 1.76. The topological polar surface area (TPSA) is 36.4 Å². The average Bonchev–Trinajstić information content (AvgIpc) is 2.52. The van der Waals surface area contributed by atoms with Crippen molar-refractivity contribution in [3.8, 4) is 0 Å². The fourth-order valence-electron chi connectivity index (χ4n) is 2.03. The van der Waals surface area contributed by atoms with E-state index >= 15 is 0 Å². The highest BCUT2D eigenvalue weighted by Gasteiger charge is 2.00. The standard InChI is InChI=1S/C17H19ClFN3/c1-20-17(22-12-14-3-2-4-15(18)11-14)21-10-9-13-5-7-16(19)8-6-13/h2-8,11H,9-10,12H2,1H3,(H2,20,21,22). The Morgan fingerprint density at radius 3 is 2.55 bits per heavy atom. The Kier molecular flexibility index (Phi) is 6.22. The minimum atomic E-state index is -0.212. The molecule has 0 aromatic heterocycles. The minimum absolute atomic E-state index is 0.212. The lowest BCUT2D eigenvalue weighted by Gasteiger charge is -2.12. The van der Waals surface area contributed by atoms with Crippen LogP contribution in [-0.4, -0.2) is 19.6 Å². The van der Waals surface area contributed by atoms with Gasteiger partial charge < -0.3 is 10.6 Å². The summed E-state index contributed by atoms with van der Waals surface area (Å²) in [7, 11) is 1.73. The maximum atomic E-state index is 12.8. The monoisotopic (exact) mass is 319 g/mol. The van der Waals surface area contributed by atoms with E-state index in [0.717, 1.165) is 35.1 Å². The molecule has 0 fully saturated rings. The molecule has 0 aliphatic rings. The molecule has 0 aliphatic carbocycles. The second kappa shape index (κ2) is 8.39. The summed E-state index contributed by atoms with van der Waals surface area (Å²) in [4.78, 5) is 4.17. The summed E-state index contributed by atoms with van der Waals surface area (Å²) < 4.78 is 12.8. The van der Waals surface area contributed by atoms with Crippen LogP contribution in [-0.2, 0) is 13.0 Å². The molecular formula is C17H19ClFN3. The third-order valence-electron chi connectivity index (χ3n) is 3.19. The number of hydrogen-bond acceptors (Lipinski definition) is 1. The number of nitrogens with zero attached hydrogens (tertiary/aromatic N) is 1. The van der Waals surface area contributed by atoms with Crippen LogP contribution in [0.2, 0.25) is 5.02 Å². The first-order valence-electron chi connectivity index (χ1n) is 7.11. The molecule has 22 heavy (non-hydrogen) atoms. The molecule has 116 valence electrons. The SMILES string of the molecule is CN=C(NCCc1ccc(F)cc1)NCc1cccc(Cl)c1. The van der Waals surface area contributed by atoms with E-state index in [-0.39, 0.29) is 5.82 Å². The maximum Gasteiger partial charge on any atom is 0.191 e. The van der Waals surface area contributed by atoms with Gasteiger partial charge >= 0.3 is 0 Å². The van der Waals surface area contributed by atoms with Gasteiger partial charge in [0, 0.05) is 25.2 Å². The van der Waals surface area contributed by atoms with Crippen LogP contribution < -0.4 is 10.6 Å². The molecule has 0 unspecified atom stereocenters. The van der Waals surface area contributed by atoms with Crippen LogP contribution in [0.25, 0.3) is 0 Å². The van der Waals surface area contributed by atoms with E-state index in [0.29, 0.717) is 6.54 Å². The summed E-state index contributed by atoms with van der Waals surface area (Å²) in [6.07, 6.45) is 0.804. The summed E-state index contributed by atoms with van der Waals surface area (Å²) in [5.74, 6) is 0.512. The van der Waals surface area contributed by atoms with Crippen LogP contribution in [0.15, 0.2) is 53.5 Å². The van der Waals surface area contributed by atoms with Crippen molar-refractivity contribution < 1.29 is 4.39 Å². The Bertz CT molecular complexity index is 626. The molecule has 5 heteroatoms. The van der Waals surface area contributed by atoms with Gasteiger partial charge in [-0.1, -0.05) is 35.9 Å². The summed E-state index contributed by atoms with van der Waals surface area (Å²) in [6.45, 7) is 1.37. The van der Waals surface area contributed by atoms with E-state index < -0.39 is 0 Å². The quantitative estimate of drug-likeness (QED) is 0.654. The van der Waals surface area contributed by atoms with Gasteiger partial charge in [-0.3, -0.25) is 4.99 Å². The van der Waals surface area contributed by atoms with Crippen LogP contribution in [0, 0.1) is 5.82 Å². The Morgan fingerprint density at radius 1 is 1.09 bits per heavy atom. The molecule has 0 saturated heterocycles. The Labute approximate surface area is 135 Å². The van der Waals surface area contributed by atoms with Gasteiger partial charge in [-0.25, -0.2) is 4.39 Å². The van der Waals surface area contributed by atoms with Crippen molar-refractivity contribution in [1.29, 1.82) is 0 Å². The predicted octanol–water partition coefficient (Wildman–Crippen LogP) is 3.39. The molecule has 0 radical (unpaired) electrons. The van der Waals surface area contributed by atoms with Crippen molar-refractivity contribution in [3.63, 3.8) is 0 Å². The number of nitrogens with one attached hydrogen (secondary N) is 2. The summed E-state index contributed by atoms with van der Waals surface area (Å²) in [5.41, 5.74) is 2.17. The fraction of sp³-hybridized carbons (Fsp3) is 0.235. The predicted molar refractivity (Wildman–Crippen MR) is 89.8 cm³/mol. The third-order valence-corrected chi connectivity index (χ3v) is 3.43. The van der Waals surface area contributed by atoms with Crippen LogP contribution >= 0.6 is 11.6 Å². The van der Waals surface area contributed by atoms with Crippen molar-refractivity contribution in [1.82, 2.24) is 10.6 Å². The molecule has 2 N–H and O–H groups in total. The van der Waals surface area contributed by atoms with Gasteiger partial charge in [-0.05, 0) is 41.8 Å². The largest absolute Gasteiger partial charge is 0.356 e. The van der Waals surface area contributed by atoms with E-state index in [4.69, 9.17) is 11.6 Å². The van der Waals surface area contributed by atoms with Crippen molar-refractivity contribution in [3.05, 3.63) is 70.5 Å². The van der Waals surface area contributed by atoms with Crippen molar-refractivity contribution in [2.24, 2.45) is 4.99 Å². The summed E-state index contributed by atoms with van der Waals surface area (Å²) >= 11 is 5.96. The zero-order valence-corrected chi connectivity index (χ0v) is 13.2. The van der Waals surface area contributed by atoms with Crippen LogP contribution in [0.4, 0.5) is 4.39 Å². The van der Waals surface area contributed by atoms with Gasteiger partial charge in [0.05, 0.1) is 0 Å². The molecule has 0 aliphatic heterocycles. The molecule has 3 nitrogen and oxygen atoms in total. The number of halogens is 2. The number of rotatable bonds is 5. The molecule has 0 bridgehead atoms. The van der Waals surface area contributed by atoms with Gasteiger partial charge in [0.1, 0.15) is 5.82 Å². The van der Waals surface area contributed by atoms with Gasteiger partial charge in [-0.2, -0.15) is 0 Å². The lowest BCUT2D eigenvalue weighted by Crippen LogP contribution is -2.37. The van der Waals surface area contributed by atoms with Crippen LogP contribution in [0.3, 0.4) is 0 Å². The molecule has 0 spiro atoms. The van der Waals surface area contributed by atoms with E-state index in [1.54, 1.807) is 19.2 Å². The van der Waals surface area contributed by atoms with Crippen molar-refractivity contribution in [2.75, 3.05) is 13.6 Å². The maximum absolute atomic E-state index is 12.8. The number of hydrogen-bond donors (Lipinski definition) is 2. The van der Waals surface area contributed by atoms with Gasteiger partial charge in [0.25, 0.3) is 0 Å². The smallest absolute Gasteiger partial charge is 0.191 e. The van der Waals surface area contributed by atoms with Crippen molar-refractivity contribution >= 4 is 17.6 Å². The second-order valence-corrected chi connectivity index (χ2v) is 5.30. The fourth-order valence-corrected chi connectivity index (χ4v) is 2.24. The lowest BCUT2D eigenvalue weighted by molar-refractivity contribution is 0.626. The van der Waals surface area contributed by atoms with Crippen LogP contribution in [0.1, 0.15) is 11.1 Å². The van der Waals surface area contributed by atoms with E-state index in [2.05, 4.69) is 15.6 Å². The molecule has 2 aromatic carbocycles. The first-order chi connectivity index (χ1) is 10.7. The Morgan fingerprint density at radius 2 is 1.86 bits per heavy atom. The molecule has 0 amide bonds. The highest BCUT2D eigenvalue weighted by atomic mass is 35.5. The zero-order valence-electron chi connectivity index (χ0n) is 12.4. The molecular weight excluding hydrogens is 301 g/mol. The van der Waals surface area contributed by atoms with Gasteiger partial charge in [0.15, 0.2) is 5.96 Å². The van der Waals surface area contributed by atoms with E-state index in [9.17, 15) is 4.39 Å². The molecule has 0 atom stereocenters. The van der Waals surface area contributed by atoms with Gasteiger partial charge in [0.2, 0.25) is 0 Å². The lowest BCUT2D eigenvalue weighted by atomic mass is 10.1. The first kappa shape index (κ1) is 16.3. The normalized spacial score (nSPS) is 11.3. The number of guanidine groups is 1. The minimum Gasteiger partial charge on any atom is -0.356 e. The Hall–Kier alpha value is -2.07. The molecule has 2 aromatic rings. The van der Waals surface area contributed by atoms with Crippen molar-refractivity contribution in [2.45, 2.75) is 13.0 Å². The second-order valence-electron chi connectivity index (χ2n) is 4.86. The average molecular weight is 320 g/mol. The highest BCUT2D eigenvalue weighted by molar-refractivity contribution is 6.30. The van der Waals surface area contributed by atoms with Crippen LogP contribution in [0.5, 0.6) is 0 Å². The zero-order chi connectivity index (χ0) is 15.8. The van der Waals surface area contributed by atoms with E-state index in [1.165, 1.54) is 12.1 Å². The molecule has 2 rings (SSSR count).